The van der Waals surface area contributed by atoms with Crippen LogP contribution in [0.5, 0.6) is 17.2 Å². The van der Waals surface area contributed by atoms with E-state index in [-0.39, 0.29) is 6.61 Å². The van der Waals surface area contributed by atoms with Crippen LogP contribution in [0.25, 0.3) is 0 Å². The first-order valence-electron chi connectivity index (χ1n) is 9.59. The largest absolute Gasteiger partial charge is 0.496 e. The van der Waals surface area contributed by atoms with E-state index < -0.39 is 0 Å². The summed E-state index contributed by atoms with van der Waals surface area (Å²) in [7, 11) is 3.29. The lowest BCUT2D eigenvalue weighted by Crippen LogP contribution is -2.38. The van der Waals surface area contributed by atoms with Crippen LogP contribution in [0.2, 0.25) is 0 Å². The van der Waals surface area contributed by atoms with Crippen molar-refractivity contribution < 1.29 is 14.2 Å². The second kappa shape index (κ2) is 12.2. The van der Waals surface area contributed by atoms with E-state index in [9.17, 15) is 0 Å². The molecule has 154 valence electrons. The molecule has 0 bridgehead atoms. The summed E-state index contributed by atoms with van der Waals surface area (Å²) in [5.74, 6) is 5.38. The Bertz CT molecular complexity index is 844. The average Bonchev–Trinajstić information content (AvgIpc) is 2.76. The lowest BCUT2D eigenvalue weighted by atomic mass is 10.1. The van der Waals surface area contributed by atoms with Crippen LogP contribution in [0.3, 0.4) is 0 Å². The Kier molecular flexibility index (Phi) is 9.23. The van der Waals surface area contributed by atoms with Gasteiger partial charge in [-0.2, -0.15) is 0 Å². The number of nitrogens with one attached hydrogen (secondary N) is 2. The molecule has 29 heavy (non-hydrogen) atoms. The molecule has 0 aromatic heterocycles. The Morgan fingerprint density at radius 2 is 1.83 bits per heavy atom. The zero-order valence-electron chi connectivity index (χ0n) is 17.3. The van der Waals surface area contributed by atoms with Gasteiger partial charge in [-0.3, -0.25) is 0 Å². The third-order valence-corrected chi connectivity index (χ3v) is 4.18. The maximum Gasteiger partial charge on any atom is 0.191 e. The second-order valence-corrected chi connectivity index (χ2v) is 6.16. The fraction of sp³-hybridized carbons (Fsp3) is 0.348. The normalized spacial score (nSPS) is 10.8. The molecule has 0 heterocycles. The van der Waals surface area contributed by atoms with Crippen molar-refractivity contribution in [2.45, 2.75) is 19.9 Å². The zero-order valence-corrected chi connectivity index (χ0v) is 17.3. The number of nitrogens with zero attached hydrogens (tertiary/aromatic N) is 1. The van der Waals surface area contributed by atoms with E-state index in [1.807, 2.05) is 43.3 Å². The van der Waals surface area contributed by atoms with Crippen molar-refractivity contribution in [2.24, 2.45) is 4.99 Å². The monoisotopic (exact) mass is 395 g/mol. The highest BCUT2D eigenvalue weighted by Crippen LogP contribution is 2.28. The van der Waals surface area contributed by atoms with Gasteiger partial charge in [-0.1, -0.05) is 30.2 Å². The Labute approximate surface area is 173 Å². The van der Waals surface area contributed by atoms with Gasteiger partial charge in [-0.25, -0.2) is 4.99 Å². The van der Waals surface area contributed by atoms with E-state index in [0.717, 1.165) is 42.3 Å². The number of guanidine groups is 1. The first-order chi connectivity index (χ1) is 14.2. The van der Waals surface area contributed by atoms with Crippen LogP contribution >= 0.6 is 0 Å². The summed E-state index contributed by atoms with van der Waals surface area (Å²) in [5.41, 5.74) is 2.16. The van der Waals surface area contributed by atoms with Crippen molar-refractivity contribution >= 4 is 5.96 Å². The summed E-state index contributed by atoms with van der Waals surface area (Å²) in [6.45, 7) is 4.25. The molecule has 0 saturated carbocycles. The number of para-hydroxylation sites is 1. The van der Waals surface area contributed by atoms with E-state index in [0.29, 0.717) is 18.0 Å². The number of hydrogen-bond acceptors (Lipinski definition) is 4. The minimum atomic E-state index is 0.191. The van der Waals surface area contributed by atoms with Gasteiger partial charge in [0, 0.05) is 13.1 Å². The van der Waals surface area contributed by atoms with Crippen molar-refractivity contribution in [3.05, 3.63) is 53.6 Å². The van der Waals surface area contributed by atoms with Gasteiger partial charge in [0.15, 0.2) is 17.5 Å². The van der Waals surface area contributed by atoms with Crippen molar-refractivity contribution in [1.29, 1.82) is 0 Å². The molecule has 6 heteroatoms. The highest BCUT2D eigenvalue weighted by molar-refractivity contribution is 5.79. The van der Waals surface area contributed by atoms with Crippen LogP contribution in [0.1, 0.15) is 18.1 Å². The summed E-state index contributed by atoms with van der Waals surface area (Å²) < 4.78 is 16.3. The number of methoxy groups -OCH3 is 2. The molecular formula is C23H29N3O3. The standard InChI is InChI=1S/C23H29N3O3/c1-5-15-29-22-16-18(11-12-21(22)28-4)17-26-23(24-6-2)25-14-13-19-9-7-8-10-20(19)27-3/h1,7-12,16H,6,13-15,17H2,2-4H3,(H2,24,25,26). The predicted molar refractivity (Wildman–Crippen MR) is 117 cm³/mol. The molecule has 0 radical (unpaired) electrons. The molecule has 2 aromatic carbocycles. The van der Waals surface area contributed by atoms with Crippen molar-refractivity contribution in [3.63, 3.8) is 0 Å². The molecule has 0 unspecified atom stereocenters. The third kappa shape index (κ3) is 6.96. The van der Waals surface area contributed by atoms with E-state index in [1.165, 1.54) is 0 Å². The van der Waals surface area contributed by atoms with E-state index in [2.05, 4.69) is 27.6 Å². The number of benzene rings is 2. The fourth-order valence-corrected chi connectivity index (χ4v) is 2.79. The Hall–Kier alpha value is -3.33. The number of hydrogen-bond donors (Lipinski definition) is 2. The first kappa shape index (κ1) is 22.0. The molecule has 0 aliphatic heterocycles. The van der Waals surface area contributed by atoms with Crippen molar-refractivity contribution in [1.82, 2.24) is 10.6 Å². The summed E-state index contributed by atoms with van der Waals surface area (Å²) in [4.78, 5) is 4.66. The summed E-state index contributed by atoms with van der Waals surface area (Å²) in [5, 5.41) is 6.63. The molecule has 0 saturated heterocycles. The minimum absolute atomic E-state index is 0.191. The van der Waals surface area contributed by atoms with Crippen LogP contribution in [-0.4, -0.2) is 39.9 Å². The van der Waals surface area contributed by atoms with Gasteiger partial charge in [-0.15, -0.1) is 6.42 Å². The van der Waals surface area contributed by atoms with Crippen molar-refractivity contribution in [3.8, 4) is 29.6 Å². The molecule has 0 atom stereocenters. The maximum absolute atomic E-state index is 5.56. The Morgan fingerprint density at radius 3 is 2.55 bits per heavy atom. The van der Waals surface area contributed by atoms with E-state index >= 15 is 0 Å². The molecule has 2 N–H and O–H groups in total. The van der Waals surface area contributed by atoms with Gasteiger partial charge in [-0.05, 0) is 42.7 Å². The summed E-state index contributed by atoms with van der Waals surface area (Å²) in [6, 6.07) is 13.7. The van der Waals surface area contributed by atoms with E-state index in [1.54, 1.807) is 14.2 Å². The predicted octanol–water partition coefficient (Wildman–Crippen LogP) is 3.01. The smallest absolute Gasteiger partial charge is 0.191 e. The van der Waals surface area contributed by atoms with Crippen molar-refractivity contribution in [2.75, 3.05) is 33.9 Å². The first-order valence-corrected chi connectivity index (χ1v) is 9.59. The number of aliphatic imine (C=N–C) groups is 1. The molecular weight excluding hydrogens is 366 g/mol. The molecule has 0 amide bonds. The molecule has 0 aliphatic rings. The van der Waals surface area contributed by atoms with Gasteiger partial charge in [0.05, 0.1) is 20.8 Å². The Balaban J connectivity index is 2.00. The maximum atomic E-state index is 5.56. The lowest BCUT2D eigenvalue weighted by Gasteiger charge is -2.13. The molecule has 6 nitrogen and oxygen atoms in total. The average molecular weight is 396 g/mol. The lowest BCUT2D eigenvalue weighted by molar-refractivity contribution is 0.330. The molecule has 2 aromatic rings. The molecule has 0 fully saturated rings. The Morgan fingerprint density at radius 1 is 1.03 bits per heavy atom. The number of ether oxygens (including phenoxy) is 3. The highest BCUT2D eigenvalue weighted by Gasteiger charge is 2.06. The number of terminal acetylenes is 1. The van der Waals surface area contributed by atoms with E-state index in [4.69, 9.17) is 20.6 Å². The topological polar surface area (TPSA) is 64.1 Å². The van der Waals surface area contributed by atoms with Crippen LogP contribution in [0, 0.1) is 12.3 Å². The van der Waals surface area contributed by atoms with Crippen LogP contribution < -0.4 is 24.8 Å². The minimum Gasteiger partial charge on any atom is -0.496 e. The summed E-state index contributed by atoms with van der Waals surface area (Å²) >= 11 is 0. The summed E-state index contributed by atoms with van der Waals surface area (Å²) in [6.07, 6.45) is 6.12. The molecule has 2 rings (SSSR count). The highest BCUT2D eigenvalue weighted by atomic mass is 16.5. The third-order valence-electron chi connectivity index (χ3n) is 4.18. The van der Waals surface area contributed by atoms with Gasteiger partial charge >= 0.3 is 0 Å². The van der Waals surface area contributed by atoms with Crippen LogP contribution in [0.4, 0.5) is 0 Å². The SMILES string of the molecule is C#CCOc1cc(CN=C(NCC)NCCc2ccccc2OC)ccc1OC. The van der Waals surface area contributed by atoms with Crippen LogP contribution in [0.15, 0.2) is 47.5 Å². The van der Waals surface area contributed by atoms with Gasteiger partial charge in [0.25, 0.3) is 0 Å². The molecule has 0 spiro atoms. The number of rotatable bonds is 10. The van der Waals surface area contributed by atoms with Gasteiger partial charge in [0.2, 0.25) is 0 Å². The van der Waals surface area contributed by atoms with Gasteiger partial charge < -0.3 is 24.8 Å². The quantitative estimate of drug-likeness (QED) is 0.368. The molecule has 0 aliphatic carbocycles. The fourth-order valence-electron chi connectivity index (χ4n) is 2.79. The zero-order chi connectivity index (χ0) is 20.9. The van der Waals surface area contributed by atoms with Crippen LogP contribution in [-0.2, 0) is 13.0 Å². The van der Waals surface area contributed by atoms with Gasteiger partial charge in [0.1, 0.15) is 12.4 Å². The second-order valence-electron chi connectivity index (χ2n) is 6.16.